The lowest BCUT2D eigenvalue weighted by atomic mass is 10.7. The van der Waals surface area contributed by atoms with Gasteiger partial charge in [-0.25, -0.2) is 0 Å². The van der Waals surface area contributed by atoms with Crippen molar-refractivity contribution in [3.05, 3.63) is 5.28 Å². The zero-order chi connectivity index (χ0) is 10.6. The van der Waals surface area contributed by atoms with Crippen LogP contribution in [0.25, 0.3) is 0 Å². The van der Waals surface area contributed by atoms with Gasteiger partial charge < -0.3 is 11.1 Å². The molecule has 1 atom stereocenters. The van der Waals surface area contributed by atoms with E-state index in [-0.39, 0.29) is 11.2 Å². The molecule has 0 bridgehead atoms. The second-order valence-corrected chi connectivity index (χ2v) is 4.38. The van der Waals surface area contributed by atoms with E-state index in [2.05, 4.69) is 20.3 Å². The summed E-state index contributed by atoms with van der Waals surface area (Å²) in [6.07, 6.45) is 1.62. The van der Waals surface area contributed by atoms with Gasteiger partial charge >= 0.3 is 0 Å². The van der Waals surface area contributed by atoms with E-state index in [0.29, 0.717) is 18.2 Å². The molecule has 0 saturated carbocycles. The maximum absolute atomic E-state index is 10.7. The summed E-state index contributed by atoms with van der Waals surface area (Å²) in [6.45, 7) is 0.503. The van der Waals surface area contributed by atoms with Gasteiger partial charge in [0.2, 0.25) is 17.2 Å². The summed E-state index contributed by atoms with van der Waals surface area (Å²) in [5.41, 5.74) is 5.34. The molecule has 1 aromatic rings. The highest BCUT2D eigenvalue weighted by molar-refractivity contribution is 7.84. The molecule has 0 amide bonds. The molecule has 3 N–H and O–H groups in total. The minimum absolute atomic E-state index is 0.0395. The van der Waals surface area contributed by atoms with Crippen molar-refractivity contribution in [1.82, 2.24) is 15.0 Å². The maximum Gasteiger partial charge on any atom is 0.228 e. The number of nitrogens with one attached hydrogen (secondary N) is 1. The fourth-order valence-corrected chi connectivity index (χ4v) is 1.31. The maximum atomic E-state index is 10.7. The van der Waals surface area contributed by atoms with Crippen molar-refractivity contribution in [3.63, 3.8) is 0 Å². The fraction of sp³-hybridized carbons (Fsp3) is 0.500. The van der Waals surface area contributed by atoms with Gasteiger partial charge in [-0.05, 0) is 11.6 Å². The van der Waals surface area contributed by atoms with Crippen molar-refractivity contribution >= 4 is 34.3 Å². The molecule has 1 rings (SSSR count). The van der Waals surface area contributed by atoms with Gasteiger partial charge in [-0.2, -0.15) is 15.0 Å². The lowest BCUT2D eigenvalue weighted by Crippen LogP contribution is -2.13. The smallest absolute Gasteiger partial charge is 0.228 e. The molecule has 1 unspecified atom stereocenters. The van der Waals surface area contributed by atoms with Crippen LogP contribution in [-0.4, -0.2) is 37.7 Å². The zero-order valence-electron chi connectivity index (χ0n) is 7.53. The summed E-state index contributed by atoms with van der Waals surface area (Å²) in [4.78, 5) is 11.2. The summed E-state index contributed by atoms with van der Waals surface area (Å²) in [5, 5.41) is 2.88. The van der Waals surface area contributed by atoms with Crippen molar-refractivity contribution in [2.45, 2.75) is 0 Å². The molecule has 8 heteroatoms. The summed E-state index contributed by atoms with van der Waals surface area (Å²) < 4.78 is 10.7. The molecule has 1 aromatic heterocycles. The summed E-state index contributed by atoms with van der Waals surface area (Å²) in [5.74, 6) is 0.876. The van der Waals surface area contributed by atoms with Crippen LogP contribution in [0.5, 0.6) is 0 Å². The largest absolute Gasteiger partial charge is 0.368 e. The second-order valence-electron chi connectivity index (χ2n) is 2.49. The predicted octanol–water partition coefficient (Wildman–Crippen LogP) is -0.102. The van der Waals surface area contributed by atoms with E-state index in [9.17, 15) is 4.21 Å². The molecule has 0 radical (unpaired) electrons. The molecular weight excluding hydrogens is 226 g/mol. The van der Waals surface area contributed by atoms with Gasteiger partial charge in [0.05, 0.1) is 0 Å². The molecule has 0 spiro atoms. The number of nitrogen functional groups attached to an aromatic ring is 1. The van der Waals surface area contributed by atoms with Crippen LogP contribution in [0.4, 0.5) is 11.9 Å². The quantitative estimate of drug-likeness (QED) is 0.757. The standard InChI is InChI=1S/C6H10ClN5OS/c1-14(13)3-2-9-6-11-4(7)10-5(8)12-6/h2-3H2,1H3,(H3,8,9,10,11,12). The van der Waals surface area contributed by atoms with Crippen molar-refractivity contribution < 1.29 is 4.21 Å². The van der Waals surface area contributed by atoms with Crippen LogP contribution in [0.2, 0.25) is 5.28 Å². The van der Waals surface area contributed by atoms with Crippen LogP contribution in [-0.2, 0) is 10.8 Å². The van der Waals surface area contributed by atoms with Gasteiger partial charge in [0, 0.05) is 29.4 Å². The van der Waals surface area contributed by atoms with Gasteiger partial charge in [-0.15, -0.1) is 0 Å². The number of hydrogen-bond donors (Lipinski definition) is 2. The van der Waals surface area contributed by atoms with Crippen LogP contribution in [0.15, 0.2) is 0 Å². The second kappa shape index (κ2) is 5.06. The van der Waals surface area contributed by atoms with E-state index < -0.39 is 10.8 Å². The number of rotatable bonds is 4. The minimum atomic E-state index is -0.848. The normalized spacial score (nSPS) is 12.4. The third-order valence-electron chi connectivity index (χ3n) is 1.30. The SMILES string of the molecule is CS(=O)CCNc1nc(N)nc(Cl)n1. The number of aromatic nitrogens is 3. The Kier molecular flexibility index (Phi) is 4.02. The van der Waals surface area contributed by atoms with Crippen molar-refractivity contribution in [1.29, 1.82) is 0 Å². The summed E-state index contributed by atoms with van der Waals surface area (Å²) in [7, 11) is -0.848. The van der Waals surface area contributed by atoms with E-state index in [4.69, 9.17) is 17.3 Å². The summed E-state index contributed by atoms with van der Waals surface area (Å²) >= 11 is 5.55. The molecule has 0 fully saturated rings. The first-order valence-corrected chi connectivity index (χ1v) is 5.89. The molecule has 6 nitrogen and oxygen atoms in total. The van der Waals surface area contributed by atoms with Gasteiger partial charge in [0.15, 0.2) is 0 Å². The molecular formula is C6H10ClN5OS. The molecule has 0 aliphatic heterocycles. The van der Waals surface area contributed by atoms with Crippen LogP contribution >= 0.6 is 11.6 Å². The van der Waals surface area contributed by atoms with Crippen LogP contribution in [0.3, 0.4) is 0 Å². The highest BCUT2D eigenvalue weighted by Crippen LogP contribution is 2.06. The average molecular weight is 236 g/mol. The van der Waals surface area contributed by atoms with E-state index in [0.717, 1.165) is 0 Å². The lowest BCUT2D eigenvalue weighted by molar-refractivity contribution is 0.687. The Balaban J connectivity index is 2.54. The van der Waals surface area contributed by atoms with E-state index >= 15 is 0 Å². The van der Waals surface area contributed by atoms with Crippen LogP contribution in [0.1, 0.15) is 0 Å². The van der Waals surface area contributed by atoms with Gasteiger partial charge in [-0.1, -0.05) is 0 Å². The third-order valence-corrected chi connectivity index (χ3v) is 2.25. The van der Waals surface area contributed by atoms with Crippen molar-refractivity contribution in [2.75, 3.05) is 29.6 Å². The van der Waals surface area contributed by atoms with Crippen LogP contribution in [0, 0.1) is 0 Å². The Hall–Kier alpha value is -0.950. The topological polar surface area (TPSA) is 93.8 Å². The van der Waals surface area contributed by atoms with Crippen LogP contribution < -0.4 is 11.1 Å². The Labute approximate surface area is 88.8 Å². The number of anilines is 2. The van der Waals surface area contributed by atoms with Gasteiger partial charge in [-0.3, -0.25) is 4.21 Å². The molecule has 14 heavy (non-hydrogen) atoms. The molecule has 1 heterocycles. The van der Waals surface area contributed by atoms with Crippen molar-refractivity contribution in [2.24, 2.45) is 0 Å². The van der Waals surface area contributed by atoms with Crippen molar-refractivity contribution in [3.8, 4) is 0 Å². The first-order valence-electron chi connectivity index (χ1n) is 3.79. The molecule has 0 aliphatic rings. The first-order chi connectivity index (χ1) is 6.58. The Morgan fingerprint density at radius 3 is 2.79 bits per heavy atom. The lowest BCUT2D eigenvalue weighted by Gasteiger charge is -2.03. The van der Waals surface area contributed by atoms with E-state index in [1.165, 1.54) is 0 Å². The van der Waals surface area contributed by atoms with Gasteiger partial charge in [0.1, 0.15) is 0 Å². The number of halogens is 1. The number of nitrogens with zero attached hydrogens (tertiary/aromatic N) is 3. The fourth-order valence-electron chi connectivity index (χ4n) is 0.751. The number of hydrogen-bond acceptors (Lipinski definition) is 6. The molecule has 0 saturated heterocycles. The zero-order valence-corrected chi connectivity index (χ0v) is 9.10. The first kappa shape index (κ1) is 11.1. The van der Waals surface area contributed by atoms with E-state index in [1.54, 1.807) is 6.26 Å². The molecule has 0 aliphatic carbocycles. The van der Waals surface area contributed by atoms with Gasteiger partial charge in [0.25, 0.3) is 0 Å². The molecule has 78 valence electrons. The minimum Gasteiger partial charge on any atom is -0.368 e. The average Bonchev–Trinajstić information content (AvgIpc) is 2.01. The monoisotopic (exact) mass is 235 g/mol. The number of nitrogens with two attached hydrogens (primary N) is 1. The summed E-state index contributed by atoms with van der Waals surface area (Å²) in [6, 6.07) is 0. The predicted molar refractivity (Wildman–Crippen MR) is 56.7 cm³/mol. The molecule has 0 aromatic carbocycles. The highest BCUT2D eigenvalue weighted by Gasteiger charge is 2.01. The Morgan fingerprint density at radius 2 is 2.21 bits per heavy atom. The third kappa shape index (κ3) is 3.84. The Bertz CT molecular complexity index is 327. The highest BCUT2D eigenvalue weighted by atomic mass is 35.5. The Morgan fingerprint density at radius 1 is 1.50 bits per heavy atom. The van der Waals surface area contributed by atoms with E-state index in [1.807, 2.05) is 0 Å².